The zero-order valence-corrected chi connectivity index (χ0v) is 26.0. The summed E-state index contributed by atoms with van der Waals surface area (Å²) < 4.78 is 74.2. The van der Waals surface area contributed by atoms with Gasteiger partial charge in [-0.05, 0) is 37.8 Å². The molecule has 17 heteroatoms. The molecule has 0 bridgehead atoms. The van der Waals surface area contributed by atoms with Crippen molar-refractivity contribution in [3.63, 3.8) is 0 Å². The van der Waals surface area contributed by atoms with Crippen LogP contribution in [0.15, 0.2) is 47.1 Å². The van der Waals surface area contributed by atoms with Crippen molar-refractivity contribution < 1.29 is 54.1 Å². The number of anilines is 1. The second kappa shape index (κ2) is 14.9. The molecular weight excluding hydrogens is 632 g/mol. The predicted molar refractivity (Wildman–Crippen MR) is 156 cm³/mol. The molecule has 0 spiro atoms. The van der Waals surface area contributed by atoms with Crippen molar-refractivity contribution in [2.24, 2.45) is 0 Å². The first-order valence-corrected chi connectivity index (χ1v) is 17.5. The number of imide groups is 1. The van der Waals surface area contributed by atoms with E-state index in [1.807, 2.05) is 29.1 Å². The van der Waals surface area contributed by atoms with Crippen molar-refractivity contribution in [1.29, 1.82) is 0 Å². The third-order valence-corrected chi connectivity index (χ3v) is 8.59. The number of benzene rings is 1. The van der Waals surface area contributed by atoms with Crippen LogP contribution in [0.2, 0.25) is 0 Å². The molecule has 1 aliphatic heterocycles. The average Bonchev–Trinajstić information content (AvgIpc) is 3.53. The lowest BCUT2D eigenvalue weighted by atomic mass is 10.2. The van der Waals surface area contributed by atoms with Crippen LogP contribution < -0.4 is 9.47 Å². The topological polar surface area (TPSA) is 211 Å². The van der Waals surface area contributed by atoms with E-state index in [0.717, 1.165) is 18.4 Å². The van der Waals surface area contributed by atoms with Crippen LogP contribution in [0.25, 0.3) is 22.6 Å². The van der Waals surface area contributed by atoms with Crippen molar-refractivity contribution in [3.05, 3.63) is 42.7 Å². The van der Waals surface area contributed by atoms with Crippen LogP contribution in [0.1, 0.15) is 51.4 Å². The van der Waals surface area contributed by atoms with Gasteiger partial charge in [0.2, 0.25) is 5.89 Å². The van der Waals surface area contributed by atoms with Crippen molar-refractivity contribution in [2.75, 3.05) is 29.5 Å². The highest BCUT2D eigenvalue weighted by Gasteiger charge is 2.32. The summed E-state index contributed by atoms with van der Waals surface area (Å²) in [5.41, 5.74) is 2.31. The quantitative estimate of drug-likeness (QED) is 0.0869. The van der Waals surface area contributed by atoms with Gasteiger partial charge in [0.1, 0.15) is 12.1 Å². The first-order chi connectivity index (χ1) is 21.3. The number of fused-ring (bicyclic) bond motifs is 1. The number of hydrogen-bond acceptors (Lipinski definition) is 13. The highest BCUT2D eigenvalue weighted by atomic mass is 32.2. The van der Waals surface area contributed by atoms with E-state index in [1.54, 1.807) is 23.1 Å². The van der Waals surface area contributed by atoms with Gasteiger partial charge in [-0.1, -0.05) is 0 Å². The lowest BCUT2D eigenvalue weighted by Gasteiger charge is -2.25. The highest BCUT2D eigenvalue weighted by molar-refractivity contribution is 7.85. The SMILES string of the molecule is O=C(CCCCC[n+]1ccc(-c2nc3ccc(N(CCCS(=O)(=O)[O-])CCCS(=O)(=O)[O-])cc3o2)cc1)ON1C(=O)CCC1=O. The Hall–Kier alpha value is -3.93. The Bertz CT molecular complexity index is 1690. The van der Waals surface area contributed by atoms with Crippen LogP contribution in [0.5, 0.6) is 0 Å². The first kappa shape index (κ1) is 34.0. The van der Waals surface area contributed by atoms with Crippen LogP contribution in [0.4, 0.5) is 5.69 Å². The molecule has 4 rings (SSSR count). The van der Waals surface area contributed by atoms with E-state index >= 15 is 0 Å². The van der Waals surface area contributed by atoms with Crippen LogP contribution in [0, 0.1) is 0 Å². The molecule has 0 aliphatic carbocycles. The number of aryl methyl sites for hydroxylation is 1. The molecule has 45 heavy (non-hydrogen) atoms. The van der Waals surface area contributed by atoms with Gasteiger partial charge in [0.05, 0.1) is 20.2 Å². The van der Waals surface area contributed by atoms with Crippen molar-refractivity contribution in [2.45, 2.75) is 57.9 Å². The molecule has 1 aliphatic rings. The monoisotopic (exact) mass is 665 g/mol. The summed E-state index contributed by atoms with van der Waals surface area (Å²) >= 11 is 0. The number of rotatable bonds is 17. The van der Waals surface area contributed by atoms with Gasteiger partial charge in [-0.3, -0.25) is 9.59 Å². The maximum Gasteiger partial charge on any atom is 0.333 e. The number of pyridine rings is 1. The number of aromatic nitrogens is 2. The summed E-state index contributed by atoms with van der Waals surface area (Å²) in [7, 11) is -8.84. The number of hydroxylamine groups is 2. The number of nitrogens with zero attached hydrogens (tertiary/aromatic N) is 4. The Labute approximate surface area is 260 Å². The predicted octanol–water partition coefficient (Wildman–Crippen LogP) is 1.63. The van der Waals surface area contributed by atoms with Gasteiger partial charge in [-0.15, -0.1) is 5.06 Å². The second-order valence-electron chi connectivity index (χ2n) is 10.6. The molecule has 0 radical (unpaired) electrons. The lowest BCUT2D eigenvalue weighted by molar-refractivity contribution is -0.697. The Balaban J connectivity index is 1.31. The third-order valence-electron chi connectivity index (χ3n) is 7.02. The minimum Gasteiger partial charge on any atom is -0.748 e. The standard InChI is InChI=1S/C28H34N4O11S2/c33-25-9-10-26(34)32(25)43-27(35)6-2-1-3-13-30-16-11-21(12-17-30)28-29-23-8-7-22(20-24(23)42-28)31(14-4-18-44(36,37)38)15-5-19-45(39,40)41/h7-8,11-12,16-17,20H,1-6,9-10,13-15,18-19H2,(H-,36,37,38,39,40,41)/p-1. The molecule has 15 nitrogen and oxygen atoms in total. The lowest BCUT2D eigenvalue weighted by Crippen LogP contribution is -2.32. The fourth-order valence-corrected chi connectivity index (χ4v) is 5.73. The molecule has 0 saturated carbocycles. The molecule has 1 saturated heterocycles. The number of hydrogen-bond donors (Lipinski definition) is 0. The molecule has 0 N–H and O–H groups in total. The van der Waals surface area contributed by atoms with Gasteiger partial charge in [0.15, 0.2) is 18.0 Å². The van der Waals surface area contributed by atoms with Gasteiger partial charge < -0.3 is 23.3 Å². The summed E-state index contributed by atoms with van der Waals surface area (Å²) in [5, 5.41) is 0.550. The molecule has 3 aromatic rings. The Morgan fingerprint density at radius 2 is 1.53 bits per heavy atom. The summed E-state index contributed by atoms with van der Waals surface area (Å²) in [6, 6.07) is 8.79. The average molecular weight is 666 g/mol. The molecule has 2 aromatic heterocycles. The molecule has 1 fully saturated rings. The van der Waals surface area contributed by atoms with Crippen molar-refractivity contribution >= 4 is 54.8 Å². The van der Waals surface area contributed by atoms with Gasteiger partial charge in [-0.25, -0.2) is 31.2 Å². The Kier molecular flexibility index (Phi) is 11.2. The molecule has 1 aromatic carbocycles. The van der Waals surface area contributed by atoms with E-state index in [9.17, 15) is 40.3 Å². The molecule has 244 valence electrons. The van der Waals surface area contributed by atoms with E-state index in [1.165, 1.54) is 0 Å². The largest absolute Gasteiger partial charge is 0.748 e. The molecule has 0 atom stereocenters. The fourth-order valence-electron chi connectivity index (χ4n) is 4.76. The van der Waals surface area contributed by atoms with Crippen LogP contribution in [-0.4, -0.2) is 78.4 Å². The van der Waals surface area contributed by atoms with E-state index in [2.05, 4.69) is 4.98 Å². The maximum absolute atomic E-state index is 11.9. The van der Waals surface area contributed by atoms with Crippen LogP contribution in [0.3, 0.4) is 0 Å². The molecule has 3 heterocycles. The maximum atomic E-state index is 11.9. The smallest absolute Gasteiger partial charge is 0.333 e. The van der Waals surface area contributed by atoms with Gasteiger partial charge in [-0.2, -0.15) is 0 Å². The molecule has 0 unspecified atom stereocenters. The van der Waals surface area contributed by atoms with Crippen LogP contribution >= 0.6 is 0 Å². The second-order valence-corrected chi connectivity index (χ2v) is 13.6. The highest BCUT2D eigenvalue weighted by Crippen LogP contribution is 2.28. The summed E-state index contributed by atoms with van der Waals surface area (Å²) in [5.74, 6) is -2.41. The van der Waals surface area contributed by atoms with Gasteiger partial charge in [0, 0.05) is 79.7 Å². The summed E-state index contributed by atoms with van der Waals surface area (Å²) in [6.45, 7) is 0.985. The summed E-state index contributed by atoms with van der Waals surface area (Å²) in [4.78, 5) is 46.1. The Morgan fingerprint density at radius 1 is 0.911 bits per heavy atom. The molecule has 2 amide bonds. The number of unbranched alkanes of at least 4 members (excludes halogenated alkanes) is 2. The normalized spacial score (nSPS) is 14.0. The Morgan fingerprint density at radius 3 is 2.13 bits per heavy atom. The van der Waals surface area contributed by atoms with Crippen molar-refractivity contribution in [3.8, 4) is 11.5 Å². The number of amides is 2. The fraction of sp³-hybridized carbons (Fsp3) is 0.464. The third kappa shape index (κ3) is 10.6. The van der Waals surface area contributed by atoms with Crippen LogP contribution in [-0.2, 0) is 46.0 Å². The number of oxazole rings is 1. The number of carbonyl (C=O) groups is 3. The van der Waals surface area contributed by atoms with Gasteiger partial charge >= 0.3 is 5.97 Å². The van der Waals surface area contributed by atoms with Gasteiger partial charge in [0.25, 0.3) is 11.8 Å². The number of carbonyl (C=O) groups excluding carboxylic acids is 3. The minimum atomic E-state index is -4.42. The van der Waals surface area contributed by atoms with E-state index in [-0.39, 0.29) is 45.2 Å². The van der Waals surface area contributed by atoms with E-state index in [0.29, 0.717) is 40.7 Å². The first-order valence-electron chi connectivity index (χ1n) is 14.4. The minimum absolute atomic E-state index is 0.0231. The summed E-state index contributed by atoms with van der Waals surface area (Å²) in [6.07, 6.45) is 6.04. The molecular formula is C28H33N4O11S2-. The van der Waals surface area contributed by atoms with E-state index in [4.69, 9.17) is 9.25 Å². The zero-order chi connectivity index (χ0) is 32.6. The van der Waals surface area contributed by atoms with Crippen molar-refractivity contribution in [1.82, 2.24) is 10.0 Å². The zero-order valence-electron chi connectivity index (χ0n) is 24.3. The van der Waals surface area contributed by atoms with E-state index < -0.39 is 49.5 Å².